The van der Waals surface area contributed by atoms with Crippen molar-refractivity contribution >= 4 is 46.7 Å². The molecule has 2 aliphatic heterocycles. The first-order valence-corrected chi connectivity index (χ1v) is 13.7. The van der Waals surface area contributed by atoms with Gasteiger partial charge in [-0.2, -0.15) is 0 Å². The summed E-state index contributed by atoms with van der Waals surface area (Å²) in [6.45, 7) is 3.08. The zero-order valence-corrected chi connectivity index (χ0v) is 23.3. The van der Waals surface area contributed by atoms with Crippen LogP contribution < -0.4 is 15.4 Å². The highest BCUT2D eigenvalue weighted by Gasteiger charge is 2.44. The van der Waals surface area contributed by atoms with Gasteiger partial charge in [-0.05, 0) is 42.3 Å². The molecule has 0 saturated carbocycles. The molecule has 40 heavy (non-hydrogen) atoms. The first-order valence-electron chi connectivity index (χ1n) is 13.0. The van der Waals surface area contributed by atoms with Gasteiger partial charge in [0.2, 0.25) is 5.91 Å². The SMILES string of the molecule is CCN1C(=O)N[C@@H](c2ccc(Cl)cc2Cl)C2=C1CN(CCC(=O)Nc1cccc(OCc3ccccc3)c1)C2=O. The lowest BCUT2D eigenvalue weighted by Crippen LogP contribution is -2.47. The van der Waals surface area contributed by atoms with Crippen LogP contribution in [-0.2, 0) is 16.2 Å². The number of urea groups is 1. The number of halogens is 2. The maximum Gasteiger partial charge on any atom is 0.322 e. The maximum atomic E-state index is 13.5. The predicted octanol–water partition coefficient (Wildman–Crippen LogP) is 5.78. The van der Waals surface area contributed by atoms with Gasteiger partial charge in [0.15, 0.2) is 0 Å². The van der Waals surface area contributed by atoms with E-state index >= 15 is 0 Å². The summed E-state index contributed by atoms with van der Waals surface area (Å²) in [5, 5.41) is 6.60. The van der Waals surface area contributed by atoms with Crippen molar-refractivity contribution in [1.29, 1.82) is 0 Å². The third-order valence-corrected chi connectivity index (χ3v) is 7.42. The molecule has 0 bridgehead atoms. The van der Waals surface area contributed by atoms with Gasteiger partial charge in [-0.25, -0.2) is 4.79 Å². The molecular weight excluding hydrogens is 551 g/mol. The molecule has 0 aromatic heterocycles. The molecular formula is C30H28Cl2N4O4. The molecule has 4 amide bonds. The number of ether oxygens (including phenoxy) is 1. The Morgan fingerprint density at radius 2 is 1.85 bits per heavy atom. The highest BCUT2D eigenvalue weighted by molar-refractivity contribution is 6.35. The van der Waals surface area contributed by atoms with E-state index in [-0.39, 0.29) is 37.4 Å². The topological polar surface area (TPSA) is 91.0 Å². The molecule has 0 radical (unpaired) electrons. The number of carbonyl (C=O) groups excluding carboxylic acids is 3. The lowest BCUT2D eigenvalue weighted by Gasteiger charge is -2.33. The van der Waals surface area contributed by atoms with Gasteiger partial charge in [0.25, 0.3) is 5.91 Å². The molecule has 2 aliphatic rings. The summed E-state index contributed by atoms with van der Waals surface area (Å²) in [6, 6.07) is 21.0. The summed E-state index contributed by atoms with van der Waals surface area (Å²) < 4.78 is 5.85. The van der Waals surface area contributed by atoms with Crippen molar-refractivity contribution in [3.8, 4) is 5.75 Å². The van der Waals surface area contributed by atoms with Gasteiger partial charge in [0.05, 0.1) is 23.9 Å². The second-order valence-electron chi connectivity index (χ2n) is 9.48. The zero-order valence-electron chi connectivity index (χ0n) is 21.8. The van der Waals surface area contributed by atoms with E-state index in [2.05, 4.69) is 10.6 Å². The van der Waals surface area contributed by atoms with Gasteiger partial charge in [0, 0.05) is 41.3 Å². The molecule has 0 aliphatic carbocycles. The average Bonchev–Trinajstić information content (AvgIpc) is 3.27. The van der Waals surface area contributed by atoms with E-state index in [1.807, 2.05) is 49.4 Å². The Kier molecular flexibility index (Phi) is 8.28. The monoisotopic (exact) mass is 578 g/mol. The Bertz CT molecular complexity index is 1480. The van der Waals surface area contributed by atoms with Gasteiger partial charge in [-0.1, -0.05) is 65.7 Å². The molecule has 206 valence electrons. The summed E-state index contributed by atoms with van der Waals surface area (Å²) >= 11 is 12.5. The Hall–Kier alpha value is -4.01. The molecule has 5 rings (SSSR count). The number of hydrogen-bond acceptors (Lipinski definition) is 4. The fraction of sp³-hybridized carbons (Fsp3) is 0.233. The Balaban J connectivity index is 1.23. The molecule has 0 fully saturated rings. The minimum Gasteiger partial charge on any atom is -0.489 e. The molecule has 0 saturated heterocycles. The molecule has 8 nitrogen and oxygen atoms in total. The lowest BCUT2D eigenvalue weighted by atomic mass is 9.95. The third kappa shape index (κ3) is 5.93. The van der Waals surface area contributed by atoms with Gasteiger partial charge >= 0.3 is 6.03 Å². The van der Waals surface area contributed by atoms with Crippen molar-refractivity contribution in [1.82, 2.24) is 15.1 Å². The predicted molar refractivity (Wildman–Crippen MR) is 154 cm³/mol. The van der Waals surface area contributed by atoms with Crippen molar-refractivity contribution in [2.45, 2.75) is 26.0 Å². The summed E-state index contributed by atoms with van der Waals surface area (Å²) in [6.07, 6.45) is 0.0846. The number of nitrogens with one attached hydrogen (secondary N) is 2. The smallest absolute Gasteiger partial charge is 0.322 e. The van der Waals surface area contributed by atoms with Crippen LogP contribution in [-0.4, -0.2) is 47.3 Å². The van der Waals surface area contributed by atoms with Crippen LogP contribution in [0.3, 0.4) is 0 Å². The minimum absolute atomic E-state index is 0.0846. The van der Waals surface area contributed by atoms with Crippen LogP contribution in [0.2, 0.25) is 10.0 Å². The number of anilines is 1. The Morgan fingerprint density at radius 3 is 2.60 bits per heavy atom. The standard InChI is InChI=1S/C30H28Cl2N4O4/c1-2-36-25-17-35(29(38)27(25)28(34-30(36)39)23-12-11-20(31)15-24(23)32)14-13-26(37)33-21-9-6-10-22(16-21)40-18-19-7-4-3-5-8-19/h3-12,15-16,28H,2,13-14,17-18H2,1H3,(H,33,37)(H,34,39)/t28-/m0/s1. The summed E-state index contributed by atoms with van der Waals surface area (Å²) in [5.41, 5.74) is 3.31. The molecule has 10 heteroatoms. The van der Waals surface area contributed by atoms with Gasteiger partial charge < -0.3 is 20.3 Å². The number of amides is 4. The second-order valence-corrected chi connectivity index (χ2v) is 10.3. The number of rotatable bonds is 9. The quantitative estimate of drug-likeness (QED) is 0.336. The molecule has 2 N–H and O–H groups in total. The molecule has 1 atom stereocenters. The summed E-state index contributed by atoms with van der Waals surface area (Å²) in [7, 11) is 0. The number of likely N-dealkylation sites (N-methyl/N-ethyl adjacent to an activating group) is 1. The maximum absolute atomic E-state index is 13.5. The van der Waals surface area contributed by atoms with Crippen molar-refractivity contribution in [2.75, 3.05) is 25.0 Å². The first kappa shape index (κ1) is 27.6. The molecule has 3 aromatic carbocycles. The number of carbonyl (C=O) groups is 3. The highest BCUT2D eigenvalue weighted by Crippen LogP contribution is 2.39. The van der Waals surface area contributed by atoms with Crippen LogP contribution in [0.15, 0.2) is 84.1 Å². The summed E-state index contributed by atoms with van der Waals surface area (Å²) in [4.78, 5) is 42.4. The zero-order chi connectivity index (χ0) is 28.2. The van der Waals surface area contributed by atoms with Gasteiger partial charge in [-0.15, -0.1) is 0 Å². The molecule has 3 aromatic rings. The van der Waals surface area contributed by atoms with Crippen LogP contribution in [0.4, 0.5) is 10.5 Å². The Morgan fingerprint density at radius 1 is 1.05 bits per heavy atom. The summed E-state index contributed by atoms with van der Waals surface area (Å²) in [5.74, 6) is 0.155. The van der Waals surface area contributed by atoms with E-state index in [1.165, 1.54) is 0 Å². The molecule has 0 spiro atoms. The van der Waals surface area contributed by atoms with Crippen LogP contribution >= 0.6 is 23.2 Å². The molecule has 2 heterocycles. The van der Waals surface area contributed by atoms with E-state index in [0.717, 1.165) is 5.56 Å². The van der Waals surface area contributed by atoms with E-state index in [4.69, 9.17) is 27.9 Å². The molecule has 0 unspecified atom stereocenters. The first-order chi connectivity index (χ1) is 19.3. The van der Waals surface area contributed by atoms with Crippen molar-refractivity contribution < 1.29 is 19.1 Å². The van der Waals surface area contributed by atoms with Crippen molar-refractivity contribution in [2.24, 2.45) is 0 Å². The van der Waals surface area contributed by atoms with Crippen LogP contribution in [0.5, 0.6) is 5.75 Å². The fourth-order valence-corrected chi connectivity index (χ4v) is 5.41. The van der Waals surface area contributed by atoms with Crippen molar-refractivity contribution in [3.05, 3.63) is 105 Å². The van der Waals surface area contributed by atoms with Crippen molar-refractivity contribution in [3.63, 3.8) is 0 Å². The van der Waals surface area contributed by atoms with Gasteiger partial charge in [-0.3, -0.25) is 14.5 Å². The van der Waals surface area contributed by atoms with E-state index in [0.29, 0.717) is 51.5 Å². The minimum atomic E-state index is -0.708. The second kappa shape index (κ2) is 12.0. The number of benzene rings is 3. The average molecular weight is 579 g/mol. The number of nitrogens with zero attached hydrogens (tertiary/aromatic N) is 2. The van der Waals surface area contributed by atoms with Gasteiger partial charge in [0.1, 0.15) is 12.4 Å². The largest absolute Gasteiger partial charge is 0.489 e. The fourth-order valence-electron chi connectivity index (χ4n) is 4.90. The Labute approximate surface area is 242 Å². The third-order valence-electron chi connectivity index (χ3n) is 6.86. The van der Waals surface area contributed by atoms with E-state index in [9.17, 15) is 14.4 Å². The highest BCUT2D eigenvalue weighted by atomic mass is 35.5. The van der Waals surface area contributed by atoms with Crippen LogP contribution in [0.1, 0.15) is 30.5 Å². The lowest BCUT2D eigenvalue weighted by molar-refractivity contribution is -0.126. The van der Waals surface area contributed by atoms with Crippen LogP contribution in [0, 0.1) is 0 Å². The number of hydrogen-bond donors (Lipinski definition) is 2. The van der Waals surface area contributed by atoms with E-state index in [1.54, 1.807) is 40.1 Å². The van der Waals surface area contributed by atoms with Crippen LogP contribution in [0.25, 0.3) is 0 Å². The normalized spacial score (nSPS) is 16.6. The van der Waals surface area contributed by atoms with E-state index < -0.39 is 6.04 Å².